The molecule has 0 aliphatic rings. The molecule has 0 aromatic carbocycles. The second-order valence-corrected chi connectivity index (χ2v) is 5.51. The topological polar surface area (TPSA) is 122 Å². The number of carboxylic acids is 2. The van der Waals surface area contributed by atoms with Crippen LogP contribution in [0.2, 0.25) is 0 Å². The number of nitrogens with one attached hydrogen (secondary N) is 2. The molecule has 6 nitrogen and oxygen atoms in total. The first-order valence-electron chi connectivity index (χ1n) is 6.48. The quantitative estimate of drug-likeness (QED) is 0.658. The van der Waals surface area contributed by atoms with Crippen molar-refractivity contribution < 1.29 is 40.2 Å². The Hall–Kier alpha value is -0.478. The van der Waals surface area contributed by atoms with Gasteiger partial charge in [-0.1, -0.05) is 54.4 Å². The fourth-order valence-electron chi connectivity index (χ4n) is 0. The van der Waals surface area contributed by atoms with Gasteiger partial charge in [-0.3, -0.25) is 9.59 Å². The molecule has 0 spiro atoms. The number of aliphatic carboxylic acids is 2. The zero-order chi connectivity index (χ0) is 17.6. The molecule has 0 amide bonds. The molecular formula is C14H32N2O4Pd. The van der Waals surface area contributed by atoms with Gasteiger partial charge in [0.25, 0.3) is 11.9 Å². The molecule has 0 radical (unpaired) electrons. The number of rotatable bonds is 2. The van der Waals surface area contributed by atoms with E-state index >= 15 is 0 Å². The van der Waals surface area contributed by atoms with Crippen molar-refractivity contribution in [1.29, 1.82) is 0 Å². The van der Waals surface area contributed by atoms with Gasteiger partial charge < -0.3 is 21.7 Å². The Morgan fingerprint density at radius 2 is 0.857 bits per heavy atom. The van der Waals surface area contributed by atoms with Crippen LogP contribution in [0.15, 0.2) is 0 Å². The Kier molecular flexibility index (Phi) is 27.2. The molecule has 0 bridgehead atoms. The van der Waals surface area contributed by atoms with E-state index in [1.165, 1.54) is 0 Å². The van der Waals surface area contributed by atoms with Crippen LogP contribution in [-0.4, -0.2) is 33.2 Å². The Bertz CT molecular complexity index is 212. The zero-order valence-electron chi connectivity index (χ0n) is 14.4. The Morgan fingerprint density at radius 1 is 0.810 bits per heavy atom. The summed E-state index contributed by atoms with van der Waals surface area (Å²) in [5, 5.41) is 14.8. The van der Waals surface area contributed by atoms with E-state index < -0.39 is 11.9 Å². The molecule has 0 heterocycles. The molecule has 0 rings (SSSR count). The van der Waals surface area contributed by atoms with E-state index in [0.717, 1.165) is 26.7 Å². The molecule has 0 aromatic rings. The van der Waals surface area contributed by atoms with Crippen LogP contribution in [0.1, 0.15) is 68.2 Å². The average Bonchev–Trinajstić information content (AvgIpc) is 2.14. The van der Waals surface area contributed by atoms with Gasteiger partial charge in [0.15, 0.2) is 0 Å². The van der Waals surface area contributed by atoms with Crippen molar-refractivity contribution in [3.05, 3.63) is 11.5 Å². The number of hydrogen-bond acceptors (Lipinski definition) is 2. The van der Waals surface area contributed by atoms with Gasteiger partial charge in [-0.25, -0.2) is 0 Å². The number of hydrogen-bond donors (Lipinski definition) is 2. The van der Waals surface area contributed by atoms with E-state index in [-0.39, 0.29) is 31.5 Å². The summed E-state index contributed by atoms with van der Waals surface area (Å²) in [5.74, 6) is -1.67. The Morgan fingerprint density at radius 3 is 0.857 bits per heavy atom. The van der Waals surface area contributed by atoms with Gasteiger partial charge >= 0.3 is 20.4 Å². The van der Waals surface area contributed by atoms with E-state index in [0.29, 0.717) is 0 Å². The van der Waals surface area contributed by atoms with Gasteiger partial charge in [-0.2, -0.15) is 0 Å². The Labute approximate surface area is 143 Å². The van der Waals surface area contributed by atoms with Crippen LogP contribution in [0.5, 0.6) is 0 Å². The van der Waals surface area contributed by atoms with Gasteiger partial charge in [-0.15, -0.1) is 11.1 Å². The standard InChI is InChI=1S/2C5H12N.2C2H4O2.Pd/c2*1-4-5(2,3)6;2*1-2(3)4;/h2*6H,4H2,1-3H3;2*1H3,(H,3,4);/q2*-1;;;+2. The summed E-state index contributed by atoms with van der Waals surface area (Å²) >= 11 is 0. The molecule has 4 N–H and O–H groups in total. The molecule has 0 unspecified atom stereocenters. The van der Waals surface area contributed by atoms with Crippen molar-refractivity contribution in [3.63, 3.8) is 0 Å². The van der Waals surface area contributed by atoms with Crippen LogP contribution in [0, 0.1) is 0 Å². The molecule has 0 fully saturated rings. The van der Waals surface area contributed by atoms with Crippen molar-refractivity contribution >= 4 is 11.9 Å². The average molecular weight is 399 g/mol. The number of carbonyl (C=O) groups is 2. The maximum atomic E-state index is 9.00. The first-order valence-corrected chi connectivity index (χ1v) is 6.48. The van der Waals surface area contributed by atoms with E-state index in [2.05, 4.69) is 0 Å². The van der Waals surface area contributed by atoms with E-state index in [1.807, 2.05) is 41.5 Å². The SMILES string of the molecule is CC(=O)O.CC(=O)O.CCC(C)(C)[NH-].CCC(C)(C)[NH-].[Pd+2]. The van der Waals surface area contributed by atoms with Gasteiger partial charge in [0.05, 0.1) is 0 Å². The number of carboxylic acid groups (broad SMARTS) is 2. The molecule has 0 atom stereocenters. The van der Waals surface area contributed by atoms with Crippen LogP contribution in [0.25, 0.3) is 11.5 Å². The van der Waals surface area contributed by atoms with E-state index in [9.17, 15) is 0 Å². The molecule has 0 aliphatic carbocycles. The summed E-state index contributed by atoms with van der Waals surface area (Å²) in [6, 6.07) is 0. The smallest absolute Gasteiger partial charge is 0.672 e. The van der Waals surface area contributed by atoms with Crippen molar-refractivity contribution in [2.45, 2.75) is 79.3 Å². The fraction of sp³-hybridized carbons (Fsp3) is 0.857. The van der Waals surface area contributed by atoms with Crippen LogP contribution >= 0.6 is 0 Å². The minimum Gasteiger partial charge on any atom is -0.672 e. The molecule has 132 valence electrons. The van der Waals surface area contributed by atoms with Crippen molar-refractivity contribution in [3.8, 4) is 0 Å². The molecule has 7 heteroatoms. The maximum Gasteiger partial charge on any atom is 2.00 e. The van der Waals surface area contributed by atoms with Crippen molar-refractivity contribution in [1.82, 2.24) is 0 Å². The summed E-state index contributed by atoms with van der Waals surface area (Å²) in [6.45, 7) is 13.8. The fourth-order valence-corrected chi connectivity index (χ4v) is 0. The largest absolute Gasteiger partial charge is 2.00 e. The van der Waals surface area contributed by atoms with E-state index in [4.69, 9.17) is 31.3 Å². The van der Waals surface area contributed by atoms with Crippen LogP contribution in [-0.2, 0) is 30.0 Å². The summed E-state index contributed by atoms with van der Waals surface area (Å²) in [7, 11) is 0. The molecular weight excluding hydrogens is 367 g/mol. The van der Waals surface area contributed by atoms with Crippen molar-refractivity contribution in [2.75, 3.05) is 0 Å². The predicted molar refractivity (Wildman–Crippen MR) is 84.0 cm³/mol. The van der Waals surface area contributed by atoms with Crippen molar-refractivity contribution in [2.24, 2.45) is 0 Å². The first kappa shape index (κ1) is 32.5. The summed E-state index contributed by atoms with van der Waals surface area (Å²) in [4.78, 5) is 18.0. The molecule has 21 heavy (non-hydrogen) atoms. The normalized spacial score (nSPS) is 9.24. The second kappa shape index (κ2) is 17.6. The summed E-state index contributed by atoms with van der Waals surface area (Å²) in [5.41, 5.74) is 13.9. The minimum atomic E-state index is -0.833. The van der Waals surface area contributed by atoms with E-state index in [1.54, 1.807) is 0 Å². The first-order chi connectivity index (χ1) is 8.59. The van der Waals surface area contributed by atoms with Gasteiger partial charge in [0.2, 0.25) is 0 Å². The third-order valence-corrected chi connectivity index (χ3v) is 1.77. The van der Waals surface area contributed by atoms with Crippen LogP contribution < -0.4 is 0 Å². The molecule has 0 aliphatic heterocycles. The molecule has 0 saturated carbocycles. The third kappa shape index (κ3) is 197. The minimum absolute atomic E-state index is 0. The van der Waals surface area contributed by atoms with Crippen LogP contribution in [0.4, 0.5) is 0 Å². The maximum absolute atomic E-state index is 9.00. The zero-order valence-corrected chi connectivity index (χ0v) is 16.0. The van der Waals surface area contributed by atoms with Gasteiger partial charge in [-0.05, 0) is 0 Å². The Balaban J connectivity index is -0.0000000544. The van der Waals surface area contributed by atoms with Gasteiger partial charge in [0, 0.05) is 13.8 Å². The van der Waals surface area contributed by atoms with Gasteiger partial charge in [0.1, 0.15) is 0 Å². The monoisotopic (exact) mass is 398 g/mol. The second-order valence-electron chi connectivity index (χ2n) is 5.51. The van der Waals surface area contributed by atoms with Crippen LogP contribution in [0.3, 0.4) is 0 Å². The molecule has 0 saturated heterocycles. The molecule has 0 aromatic heterocycles. The third-order valence-electron chi connectivity index (χ3n) is 1.77. The summed E-state index contributed by atoms with van der Waals surface area (Å²) < 4.78 is 0. The summed E-state index contributed by atoms with van der Waals surface area (Å²) in [6.07, 6.45) is 1.88. The predicted octanol–water partition coefficient (Wildman–Crippen LogP) is 4.63.